The first-order chi connectivity index (χ1) is 24.2. The molecule has 0 unspecified atom stereocenters. The number of rotatable bonds is 2. The van der Waals surface area contributed by atoms with Crippen molar-refractivity contribution in [3.05, 3.63) is 133 Å². The van der Waals surface area contributed by atoms with Crippen molar-refractivity contribution in [3.63, 3.8) is 0 Å². The normalized spacial score (nSPS) is 17.1. The Hall–Kier alpha value is -4.88. The van der Waals surface area contributed by atoms with E-state index < -0.39 is 84.6 Å². The zero-order valence-electron chi connectivity index (χ0n) is 33.0. The number of hydrogen-bond donors (Lipinski definition) is 0. The summed E-state index contributed by atoms with van der Waals surface area (Å²) in [5.74, 6) is 0. The second kappa shape index (κ2) is 7.81. The average Bonchev–Trinajstić information content (AvgIpc) is 3.49. The van der Waals surface area contributed by atoms with Crippen LogP contribution in [0.1, 0.15) is 19.2 Å². The lowest BCUT2D eigenvalue weighted by Gasteiger charge is -2.18. The van der Waals surface area contributed by atoms with Gasteiger partial charge in [0.05, 0.1) is 19.2 Å². The highest BCUT2D eigenvalue weighted by atomic mass is 16.3. The van der Waals surface area contributed by atoms with E-state index in [9.17, 15) is 5.48 Å². The number of fused-ring (bicyclic) bond motifs is 6. The van der Waals surface area contributed by atoms with Gasteiger partial charge in [0.25, 0.3) is 0 Å². The summed E-state index contributed by atoms with van der Waals surface area (Å²) in [5.41, 5.74) is 0.875. The lowest BCUT2D eigenvalue weighted by molar-refractivity contribution is 0.669. The van der Waals surface area contributed by atoms with Gasteiger partial charge in [0, 0.05) is 10.8 Å². The highest BCUT2D eigenvalue weighted by Crippen LogP contribution is 2.45. The molecule has 0 aliphatic heterocycles. The Bertz CT molecular complexity index is 2820. The smallest absolute Gasteiger partial charge is 0.136 e. The van der Waals surface area contributed by atoms with Crippen molar-refractivity contribution in [2.45, 2.75) is 0 Å². The molecule has 0 aliphatic rings. The molecule has 0 radical (unpaired) electrons. The maximum absolute atomic E-state index is 9.22. The minimum Gasteiger partial charge on any atom is -0.456 e. The van der Waals surface area contributed by atoms with E-state index in [1.807, 2.05) is 18.2 Å². The number of furan rings is 1. The fourth-order valence-corrected chi connectivity index (χ4v) is 5.11. The van der Waals surface area contributed by atoms with Gasteiger partial charge < -0.3 is 4.42 Å². The molecular weight excluding hydrogens is 448 g/mol. The fourth-order valence-electron chi connectivity index (χ4n) is 5.11. The second-order valence-electron chi connectivity index (χ2n) is 8.64. The highest BCUT2D eigenvalue weighted by Gasteiger charge is 2.18. The van der Waals surface area contributed by atoms with Crippen LogP contribution in [0, 0.1) is 0 Å². The van der Waals surface area contributed by atoms with Crippen molar-refractivity contribution in [1.29, 1.82) is 0 Å². The first kappa shape index (κ1) is 11.0. The van der Waals surface area contributed by atoms with Crippen LogP contribution < -0.4 is 0 Å². The molecule has 0 saturated carbocycles. The van der Waals surface area contributed by atoms with Crippen molar-refractivity contribution in [1.82, 2.24) is 0 Å². The maximum Gasteiger partial charge on any atom is 0.136 e. The third-order valence-corrected chi connectivity index (χ3v) is 6.68. The SMILES string of the molecule is [2H]c1cc2c(-c3c4c([2H])c([2H])c([2H])c([2H])c4c(-c4ccc5c(c4)oc4ccccc45)c4c([2H])c([2H])c([2H])c([2H])c34)c([2H])c([2H])c([2H])c2c([2H])c1[2H]. The zero-order valence-corrected chi connectivity index (χ0v) is 19.0. The summed E-state index contributed by atoms with van der Waals surface area (Å²) in [7, 11) is 0. The molecule has 8 aromatic rings. The number of benzene rings is 7. The molecule has 7 aromatic carbocycles. The molecule has 0 spiro atoms. The highest BCUT2D eigenvalue weighted by molar-refractivity contribution is 6.24. The summed E-state index contributed by atoms with van der Waals surface area (Å²) in [5, 5.41) is 0.486. The average molecular weight is 485 g/mol. The summed E-state index contributed by atoms with van der Waals surface area (Å²) in [6.07, 6.45) is 0. The maximum atomic E-state index is 9.22. The van der Waals surface area contributed by atoms with E-state index >= 15 is 0 Å². The van der Waals surface area contributed by atoms with Crippen LogP contribution in [0.15, 0.2) is 138 Å². The largest absolute Gasteiger partial charge is 0.456 e. The molecular formula is C36H22O. The summed E-state index contributed by atoms with van der Waals surface area (Å²) >= 11 is 0. The minimum absolute atomic E-state index is 0.0555. The van der Waals surface area contributed by atoms with Gasteiger partial charge in [-0.05, 0) is 72.8 Å². The van der Waals surface area contributed by atoms with Crippen LogP contribution in [0.3, 0.4) is 0 Å². The molecule has 37 heavy (non-hydrogen) atoms. The predicted octanol–water partition coefficient (Wildman–Crippen LogP) is 10.4. The Balaban J connectivity index is 1.72. The topological polar surface area (TPSA) is 13.1 Å². The lowest BCUT2D eigenvalue weighted by atomic mass is 9.84. The summed E-state index contributed by atoms with van der Waals surface area (Å²) in [6.45, 7) is 0. The molecule has 1 nitrogen and oxygen atoms in total. The van der Waals surface area contributed by atoms with E-state index in [0.29, 0.717) is 16.7 Å². The molecule has 0 fully saturated rings. The van der Waals surface area contributed by atoms with Gasteiger partial charge in [-0.25, -0.2) is 0 Å². The molecule has 172 valence electrons. The molecule has 1 aromatic heterocycles. The van der Waals surface area contributed by atoms with Gasteiger partial charge in [0.2, 0.25) is 0 Å². The van der Waals surface area contributed by atoms with Crippen LogP contribution in [0.2, 0.25) is 0 Å². The number of hydrogen-bond acceptors (Lipinski definition) is 1. The molecule has 0 bridgehead atoms. The molecule has 1 heterocycles. The summed E-state index contributed by atoms with van der Waals surface area (Å²) < 4.78 is 129. The Kier molecular flexibility index (Phi) is 2.33. The van der Waals surface area contributed by atoms with Crippen molar-refractivity contribution in [2.75, 3.05) is 0 Å². The molecule has 1 heteroatoms. The Morgan fingerprint density at radius 2 is 1.11 bits per heavy atom. The van der Waals surface area contributed by atoms with E-state index in [2.05, 4.69) is 0 Å². The molecule has 8 rings (SSSR count). The van der Waals surface area contributed by atoms with E-state index in [1.54, 1.807) is 24.3 Å². The van der Waals surface area contributed by atoms with E-state index in [-0.39, 0.29) is 49.0 Å². The standard InChI is InChI=1S/C36H22O/c1-2-12-25-23(10-1)11-9-18-28(25)36-31-16-5-3-14-29(31)35(30-15-4-6-17-32(30)36)24-20-21-27-26-13-7-8-19-33(26)37-34(27)22-24/h1-22H/i1D,2D,3D,4D,5D,6D,9D,10D,11D,14D,15D,16D,17D,18D. The van der Waals surface area contributed by atoms with E-state index in [4.69, 9.17) is 18.1 Å². The van der Waals surface area contributed by atoms with Gasteiger partial charge >= 0.3 is 0 Å². The predicted molar refractivity (Wildman–Crippen MR) is 157 cm³/mol. The third kappa shape index (κ3) is 2.98. The van der Waals surface area contributed by atoms with E-state index in [0.717, 1.165) is 16.8 Å². The first-order valence-electron chi connectivity index (χ1n) is 18.6. The molecule has 0 amide bonds. The summed E-state index contributed by atoms with van der Waals surface area (Å²) in [6, 6.07) is 5.34. The van der Waals surface area contributed by atoms with Crippen LogP contribution in [0.5, 0.6) is 0 Å². The summed E-state index contributed by atoms with van der Waals surface area (Å²) in [4.78, 5) is 0. The fraction of sp³-hybridized carbons (Fsp3) is 0. The third-order valence-electron chi connectivity index (χ3n) is 6.68. The minimum atomic E-state index is -0.675. The molecule has 0 N–H and O–H groups in total. The number of para-hydroxylation sites is 1. The van der Waals surface area contributed by atoms with Crippen molar-refractivity contribution in [2.24, 2.45) is 0 Å². The molecule has 0 aliphatic carbocycles. The monoisotopic (exact) mass is 484 g/mol. The lowest BCUT2D eigenvalue weighted by Crippen LogP contribution is -1.91. The van der Waals surface area contributed by atoms with E-state index in [1.165, 1.54) is 0 Å². The van der Waals surface area contributed by atoms with Crippen LogP contribution in [-0.2, 0) is 0 Å². The van der Waals surface area contributed by atoms with Gasteiger partial charge in [-0.2, -0.15) is 0 Å². The molecule has 0 atom stereocenters. The van der Waals surface area contributed by atoms with Gasteiger partial charge in [0.1, 0.15) is 11.2 Å². The van der Waals surface area contributed by atoms with Gasteiger partial charge in [-0.3, -0.25) is 0 Å². The van der Waals surface area contributed by atoms with Gasteiger partial charge in [-0.1, -0.05) is 115 Å². The Morgan fingerprint density at radius 1 is 0.459 bits per heavy atom. The van der Waals surface area contributed by atoms with Crippen LogP contribution >= 0.6 is 0 Å². The van der Waals surface area contributed by atoms with Gasteiger partial charge in [0.15, 0.2) is 0 Å². The zero-order chi connectivity index (χ0) is 36.5. The van der Waals surface area contributed by atoms with Crippen LogP contribution in [0.25, 0.3) is 76.5 Å². The van der Waals surface area contributed by atoms with Crippen molar-refractivity contribution < 1.29 is 23.6 Å². The molecule has 0 saturated heterocycles. The van der Waals surface area contributed by atoms with Crippen LogP contribution in [-0.4, -0.2) is 0 Å². The first-order valence-corrected chi connectivity index (χ1v) is 11.6. The van der Waals surface area contributed by atoms with Crippen LogP contribution in [0.4, 0.5) is 0 Å². The van der Waals surface area contributed by atoms with Gasteiger partial charge in [-0.15, -0.1) is 0 Å². The Morgan fingerprint density at radius 3 is 1.89 bits per heavy atom. The second-order valence-corrected chi connectivity index (χ2v) is 8.64. The van der Waals surface area contributed by atoms with Crippen molar-refractivity contribution in [3.8, 4) is 22.3 Å². The van der Waals surface area contributed by atoms with Crippen molar-refractivity contribution >= 4 is 54.3 Å². The quantitative estimate of drug-likeness (QED) is 0.222. The Labute approximate surface area is 233 Å².